The number of carbonyl (C=O) groups excluding carboxylic acids is 2. The second kappa shape index (κ2) is 5.90. The highest BCUT2D eigenvalue weighted by atomic mass is 16.2. The number of nitrogens with zero attached hydrogens (tertiary/aromatic N) is 1. The first-order valence-electron chi connectivity index (χ1n) is 7.36. The molecule has 0 bridgehead atoms. The van der Waals surface area contributed by atoms with Gasteiger partial charge in [0, 0.05) is 20.1 Å². The van der Waals surface area contributed by atoms with E-state index in [1.165, 1.54) is 0 Å². The van der Waals surface area contributed by atoms with E-state index in [0.717, 1.165) is 51.7 Å². The van der Waals surface area contributed by atoms with Crippen molar-refractivity contribution in [1.29, 1.82) is 0 Å². The summed E-state index contributed by atoms with van der Waals surface area (Å²) in [5.41, 5.74) is -0.311. The van der Waals surface area contributed by atoms with Crippen molar-refractivity contribution in [3.63, 3.8) is 0 Å². The Labute approximate surface area is 115 Å². The van der Waals surface area contributed by atoms with Crippen LogP contribution < -0.4 is 10.6 Å². The molecule has 108 valence electrons. The van der Waals surface area contributed by atoms with Gasteiger partial charge in [-0.1, -0.05) is 13.3 Å². The Kier molecular flexibility index (Phi) is 4.45. The Bertz CT molecular complexity index is 345. The molecule has 2 saturated heterocycles. The molecule has 2 atom stereocenters. The molecule has 2 fully saturated rings. The summed E-state index contributed by atoms with van der Waals surface area (Å²) in [6, 6.07) is -0.312. The molecule has 2 heterocycles. The van der Waals surface area contributed by atoms with Gasteiger partial charge in [0.25, 0.3) is 0 Å². The first-order chi connectivity index (χ1) is 9.09. The summed E-state index contributed by atoms with van der Waals surface area (Å²) in [5.74, 6) is 0.110. The van der Waals surface area contributed by atoms with Crippen LogP contribution in [0.15, 0.2) is 0 Å². The van der Waals surface area contributed by atoms with Gasteiger partial charge in [-0.3, -0.25) is 9.59 Å². The van der Waals surface area contributed by atoms with Crippen molar-refractivity contribution in [3.8, 4) is 0 Å². The van der Waals surface area contributed by atoms with Crippen molar-refractivity contribution >= 4 is 11.8 Å². The van der Waals surface area contributed by atoms with Crippen LogP contribution in [0, 0.1) is 5.41 Å². The predicted molar refractivity (Wildman–Crippen MR) is 73.6 cm³/mol. The Balaban J connectivity index is 2.01. The molecule has 5 nitrogen and oxygen atoms in total. The molecule has 2 aliphatic heterocycles. The number of piperidine rings is 1. The largest absolute Gasteiger partial charge is 0.344 e. The molecular weight excluding hydrogens is 242 g/mol. The Morgan fingerprint density at radius 1 is 1.58 bits per heavy atom. The summed E-state index contributed by atoms with van der Waals surface area (Å²) < 4.78 is 0. The van der Waals surface area contributed by atoms with Crippen LogP contribution in [0.1, 0.15) is 39.0 Å². The summed E-state index contributed by atoms with van der Waals surface area (Å²) in [6.07, 6.45) is 4.58. The van der Waals surface area contributed by atoms with Gasteiger partial charge in [0.2, 0.25) is 11.8 Å². The average molecular weight is 267 g/mol. The van der Waals surface area contributed by atoms with E-state index >= 15 is 0 Å². The first-order valence-corrected chi connectivity index (χ1v) is 7.36. The minimum atomic E-state index is -0.312. The fourth-order valence-corrected chi connectivity index (χ4v) is 3.23. The highest BCUT2D eigenvalue weighted by Crippen LogP contribution is 2.32. The number of amides is 2. The van der Waals surface area contributed by atoms with Gasteiger partial charge in [0.1, 0.15) is 6.04 Å². The molecule has 0 aromatic rings. The topological polar surface area (TPSA) is 61.4 Å². The highest BCUT2D eigenvalue weighted by molar-refractivity contribution is 5.91. The van der Waals surface area contributed by atoms with Gasteiger partial charge in [-0.05, 0) is 32.2 Å². The highest BCUT2D eigenvalue weighted by Gasteiger charge is 2.41. The number of carbonyl (C=O) groups is 2. The Hall–Kier alpha value is -1.10. The molecular formula is C14H25N3O2. The van der Waals surface area contributed by atoms with E-state index in [9.17, 15) is 9.59 Å². The van der Waals surface area contributed by atoms with Crippen molar-refractivity contribution in [3.05, 3.63) is 0 Å². The van der Waals surface area contributed by atoms with Gasteiger partial charge in [-0.2, -0.15) is 0 Å². The van der Waals surface area contributed by atoms with E-state index in [0.29, 0.717) is 0 Å². The Morgan fingerprint density at radius 2 is 2.37 bits per heavy atom. The van der Waals surface area contributed by atoms with Crippen LogP contribution in [0.4, 0.5) is 0 Å². The van der Waals surface area contributed by atoms with Gasteiger partial charge in [-0.25, -0.2) is 0 Å². The molecule has 0 aromatic carbocycles. The third kappa shape index (κ3) is 2.91. The van der Waals surface area contributed by atoms with Crippen molar-refractivity contribution in [2.45, 2.75) is 45.1 Å². The maximum Gasteiger partial charge on any atom is 0.244 e. The zero-order valence-electron chi connectivity index (χ0n) is 12.0. The van der Waals surface area contributed by atoms with Gasteiger partial charge in [-0.15, -0.1) is 0 Å². The van der Waals surface area contributed by atoms with E-state index < -0.39 is 0 Å². The van der Waals surface area contributed by atoms with E-state index in [1.807, 2.05) is 0 Å². The number of likely N-dealkylation sites (tertiary alicyclic amines) is 1. The van der Waals surface area contributed by atoms with Crippen LogP contribution >= 0.6 is 0 Å². The van der Waals surface area contributed by atoms with Crippen LogP contribution in [-0.2, 0) is 9.59 Å². The van der Waals surface area contributed by atoms with Crippen LogP contribution in [0.2, 0.25) is 0 Å². The van der Waals surface area contributed by atoms with Crippen molar-refractivity contribution in [2.24, 2.45) is 5.41 Å². The van der Waals surface area contributed by atoms with E-state index in [2.05, 4.69) is 17.6 Å². The summed E-state index contributed by atoms with van der Waals surface area (Å²) in [4.78, 5) is 26.2. The van der Waals surface area contributed by atoms with Crippen LogP contribution in [0.5, 0.6) is 0 Å². The normalized spacial score (nSPS) is 31.6. The minimum Gasteiger partial charge on any atom is -0.344 e. The maximum absolute atomic E-state index is 12.6. The fraction of sp³-hybridized carbons (Fsp3) is 0.857. The van der Waals surface area contributed by atoms with Gasteiger partial charge >= 0.3 is 0 Å². The number of rotatable bonds is 4. The lowest BCUT2D eigenvalue weighted by Gasteiger charge is -2.36. The second-order valence-electron chi connectivity index (χ2n) is 5.89. The summed E-state index contributed by atoms with van der Waals surface area (Å²) in [7, 11) is 1.79. The third-order valence-electron chi connectivity index (χ3n) is 4.42. The lowest BCUT2D eigenvalue weighted by Crippen LogP contribution is -2.54. The third-order valence-corrected chi connectivity index (χ3v) is 4.42. The first kappa shape index (κ1) is 14.3. The second-order valence-corrected chi connectivity index (χ2v) is 5.89. The Morgan fingerprint density at radius 3 is 2.89 bits per heavy atom. The predicted octanol–water partition coefficient (Wildman–Crippen LogP) is 0.503. The SMILES string of the molecule is CCCC1(C(=O)NC2CCN(C)C2=O)CCCNC1. The van der Waals surface area contributed by atoms with Crippen molar-refractivity contribution in [1.82, 2.24) is 15.5 Å². The number of nitrogens with one attached hydrogen (secondary N) is 2. The summed E-state index contributed by atoms with van der Waals surface area (Å²) in [5, 5.41) is 6.31. The lowest BCUT2D eigenvalue weighted by molar-refractivity contribution is -0.137. The number of hydrogen-bond donors (Lipinski definition) is 2. The molecule has 0 aliphatic carbocycles. The smallest absolute Gasteiger partial charge is 0.244 e. The summed E-state index contributed by atoms with van der Waals surface area (Å²) >= 11 is 0. The fourth-order valence-electron chi connectivity index (χ4n) is 3.23. The molecule has 19 heavy (non-hydrogen) atoms. The van der Waals surface area contributed by atoms with E-state index in [1.54, 1.807) is 11.9 Å². The monoisotopic (exact) mass is 267 g/mol. The average Bonchev–Trinajstić information content (AvgIpc) is 2.72. The zero-order chi connectivity index (χ0) is 13.9. The van der Waals surface area contributed by atoms with Gasteiger partial charge < -0.3 is 15.5 Å². The van der Waals surface area contributed by atoms with E-state index in [-0.39, 0.29) is 23.3 Å². The van der Waals surface area contributed by atoms with Crippen molar-refractivity contribution in [2.75, 3.05) is 26.7 Å². The summed E-state index contributed by atoms with van der Waals surface area (Å²) in [6.45, 7) is 4.58. The number of likely N-dealkylation sites (N-methyl/N-ethyl adjacent to an activating group) is 1. The molecule has 0 saturated carbocycles. The molecule has 2 unspecified atom stereocenters. The molecule has 2 rings (SSSR count). The molecule has 5 heteroatoms. The number of hydrogen-bond acceptors (Lipinski definition) is 3. The molecule has 2 amide bonds. The lowest BCUT2D eigenvalue weighted by atomic mass is 9.76. The standard InChI is InChI=1S/C14H25N3O2/c1-3-6-14(7-4-8-15-10-14)13(19)16-11-5-9-17(2)12(11)18/h11,15H,3-10H2,1-2H3,(H,16,19). The van der Waals surface area contributed by atoms with E-state index in [4.69, 9.17) is 0 Å². The minimum absolute atomic E-state index is 0.0452. The van der Waals surface area contributed by atoms with Crippen LogP contribution in [0.3, 0.4) is 0 Å². The molecule has 0 aromatic heterocycles. The molecule has 2 N–H and O–H groups in total. The van der Waals surface area contributed by atoms with Gasteiger partial charge in [0.15, 0.2) is 0 Å². The van der Waals surface area contributed by atoms with Crippen LogP contribution in [-0.4, -0.2) is 49.4 Å². The van der Waals surface area contributed by atoms with Crippen LogP contribution in [0.25, 0.3) is 0 Å². The molecule has 0 radical (unpaired) electrons. The van der Waals surface area contributed by atoms with Crippen molar-refractivity contribution < 1.29 is 9.59 Å². The maximum atomic E-state index is 12.6. The molecule has 2 aliphatic rings. The zero-order valence-corrected chi connectivity index (χ0v) is 12.0. The molecule has 0 spiro atoms. The van der Waals surface area contributed by atoms with Gasteiger partial charge in [0.05, 0.1) is 5.41 Å². The quantitative estimate of drug-likeness (QED) is 0.780.